The van der Waals surface area contributed by atoms with Gasteiger partial charge in [-0.05, 0) is 25.7 Å². The molecule has 1 heterocycles. The van der Waals surface area contributed by atoms with Gasteiger partial charge >= 0.3 is 5.97 Å². The van der Waals surface area contributed by atoms with Crippen molar-refractivity contribution in [2.24, 2.45) is 0 Å². The fraction of sp³-hybridized carbons (Fsp3) is 0.962. The smallest absolute Gasteiger partial charge is 0.305 e. The summed E-state index contributed by atoms with van der Waals surface area (Å²) in [5.74, 6) is 0.00229. The van der Waals surface area contributed by atoms with E-state index >= 15 is 0 Å². The molecule has 3 heteroatoms. The van der Waals surface area contributed by atoms with Gasteiger partial charge in [-0.1, -0.05) is 110 Å². The van der Waals surface area contributed by atoms with Crippen LogP contribution in [-0.2, 0) is 14.3 Å². The molecule has 1 aliphatic heterocycles. The lowest BCUT2D eigenvalue weighted by atomic mass is 10.0. The van der Waals surface area contributed by atoms with Crippen molar-refractivity contribution >= 4 is 5.97 Å². The van der Waals surface area contributed by atoms with Crippen LogP contribution in [0.2, 0.25) is 0 Å². The first kappa shape index (κ1) is 26.5. The van der Waals surface area contributed by atoms with Gasteiger partial charge in [0.1, 0.15) is 0 Å². The van der Waals surface area contributed by atoms with Crippen LogP contribution in [0.1, 0.15) is 142 Å². The first-order chi connectivity index (χ1) is 14.3. The van der Waals surface area contributed by atoms with Crippen molar-refractivity contribution in [3.05, 3.63) is 0 Å². The Morgan fingerprint density at radius 1 is 0.621 bits per heavy atom. The van der Waals surface area contributed by atoms with Gasteiger partial charge in [0.2, 0.25) is 0 Å². The van der Waals surface area contributed by atoms with E-state index in [1.807, 2.05) is 0 Å². The fourth-order valence-corrected chi connectivity index (χ4v) is 4.10. The van der Waals surface area contributed by atoms with Gasteiger partial charge in [0.15, 0.2) is 0 Å². The van der Waals surface area contributed by atoms with Crippen LogP contribution in [0.5, 0.6) is 0 Å². The average molecular weight is 411 g/mol. The molecule has 3 nitrogen and oxygen atoms in total. The molecule has 0 bridgehead atoms. The molecule has 0 aromatic carbocycles. The number of carbonyl (C=O) groups excluding carboxylic acids is 1. The maximum Gasteiger partial charge on any atom is 0.305 e. The molecule has 0 N–H and O–H groups in total. The number of unbranched alkanes of at least 4 members (excludes halogenated alkanes) is 14. The molecule has 1 rings (SSSR count). The molecule has 0 aromatic heterocycles. The van der Waals surface area contributed by atoms with E-state index in [0.29, 0.717) is 25.2 Å². The molecular weight excluding hydrogens is 360 g/mol. The Morgan fingerprint density at radius 2 is 1.07 bits per heavy atom. The van der Waals surface area contributed by atoms with Gasteiger partial charge in [0, 0.05) is 6.42 Å². The SMILES string of the molecule is CCCCCCCCOC(=O)CCCCCCC[C@H]1O[C@H]1CCCCCCCC. The number of esters is 1. The van der Waals surface area contributed by atoms with Crippen molar-refractivity contribution in [2.75, 3.05) is 6.61 Å². The Labute approximate surface area is 181 Å². The van der Waals surface area contributed by atoms with Gasteiger partial charge in [-0.15, -0.1) is 0 Å². The van der Waals surface area contributed by atoms with E-state index in [9.17, 15) is 4.79 Å². The highest BCUT2D eigenvalue weighted by Crippen LogP contribution is 2.31. The molecule has 0 saturated carbocycles. The summed E-state index contributed by atoms with van der Waals surface area (Å²) in [4.78, 5) is 11.7. The van der Waals surface area contributed by atoms with Crippen LogP contribution in [0.4, 0.5) is 0 Å². The molecule has 0 amide bonds. The highest BCUT2D eigenvalue weighted by atomic mass is 16.6. The average Bonchev–Trinajstić information content (AvgIpc) is 3.47. The Balaban J connectivity index is 1.75. The summed E-state index contributed by atoms with van der Waals surface area (Å²) in [5, 5.41) is 0. The van der Waals surface area contributed by atoms with Crippen LogP contribution < -0.4 is 0 Å². The van der Waals surface area contributed by atoms with Gasteiger partial charge in [0.05, 0.1) is 18.8 Å². The van der Waals surface area contributed by atoms with Crippen LogP contribution in [0.15, 0.2) is 0 Å². The first-order valence-corrected chi connectivity index (χ1v) is 13.1. The van der Waals surface area contributed by atoms with Crippen LogP contribution in [0, 0.1) is 0 Å². The number of hydrogen-bond acceptors (Lipinski definition) is 3. The summed E-state index contributed by atoms with van der Waals surface area (Å²) in [6.45, 7) is 5.12. The second-order valence-corrected chi connectivity index (χ2v) is 9.06. The van der Waals surface area contributed by atoms with Crippen LogP contribution in [0.3, 0.4) is 0 Å². The zero-order valence-electron chi connectivity index (χ0n) is 19.7. The predicted octanol–water partition coefficient (Wildman–Crippen LogP) is 8.14. The van der Waals surface area contributed by atoms with E-state index in [1.165, 1.54) is 103 Å². The van der Waals surface area contributed by atoms with Crippen LogP contribution in [0.25, 0.3) is 0 Å². The monoisotopic (exact) mass is 410 g/mol. The van der Waals surface area contributed by atoms with E-state index in [1.54, 1.807) is 0 Å². The molecule has 172 valence electrons. The van der Waals surface area contributed by atoms with Gasteiger partial charge in [-0.25, -0.2) is 0 Å². The van der Waals surface area contributed by atoms with Crippen LogP contribution in [-0.4, -0.2) is 24.8 Å². The summed E-state index contributed by atoms with van der Waals surface area (Å²) >= 11 is 0. The van der Waals surface area contributed by atoms with Crippen molar-refractivity contribution < 1.29 is 14.3 Å². The zero-order chi connectivity index (χ0) is 21.0. The normalized spacial score (nSPS) is 18.1. The van der Waals surface area contributed by atoms with E-state index in [0.717, 1.165) is 19.3 Å². The molecule has 0 unspecified atom stereocenters. The van der Waals surface area contributed by atoms with Gasteiger partial charge in [0.25, 0.3) is 0 Å². The van der Waals surface area contributed by atoms with Gasteiger partial charge in [-0.2, -0.15) is 0 Å². The molecule has 0 radical (unpaired) electrons. The Morgan fingerprint density at radius 3 is 1.62 bits per heavy atom. The topological polar surface area (TPSA) is 38.8 Å². The molecule has 0 spiro atoms. The fourth-order valence-electron chi connectivity index (χ4n) is 4.10. The van der Waals surface area contributed by atoms with Crippen molar-refractivity contribution in [3.8, 4) is 0 Å². The maximum atomic E-state index is 11.7. The number of carbonyl (C=O) groups is 1. The van der Waals surface area contributed by atoms with E-state index in [-0.39, 0.29) is 5.97 Å². The second-order valence-electron chi connectivity index (χ2n) is 9.06. The number of hydrogen-bond donors (Lipinski definition) is 0. The van der Waals surface area contributed by atoms with E-state index in [4.69, 9.17) is 9.47 Å². The minimum absolute atomic E-state index is 0.00229. The van der Waals surface area contributed by atoms with E-state index < -0.39 is 0 Å². The third kappa shape index (κ3) is 16.9. The maximum absolute atomic E-state index is 11.7. The molecule has 1 saturated heterocycles. The first-order valence-electron chi connectivity index (χ1n) is 13.1. The van der Waals surface area contributed by atoms with Crippen molar-refractivity contribution in [1.82, 2.24) is 0 Å². The molecule has 2 atom stereocenters. The molecule has 29 heavy (non-hydrogen) atoms. The quantitative estimate of drug-likeness (QED) is 0.103. The summed E-state index contributed by atoms with van der Waals surface area (Å²) in [5.41, 5.74) is 0. The third-order valence-corrected chi connectivity index (χ3v) is 6.16. The Kier molecular flexibility index (Phi) is 17.7. The Bertz CT molecular complexity index is 369. The number of epoxide rings is 1. The van der Waals surface area contributed by atoms with Crippen molar-refractivity contribution in [3.63, 3.8) is 0 Å². The summed E-state index contributed by atoms with van der Waals surface area (Å²) in [6, 6.07) is 0. The van der Waals surface area contributed by atoms with Gasteiger partial charge < -0.3 is 9.47 Å². The van der Waals surface area contributed by atoms with Crippen molar-refractivity contribution in [1.29, 1.82) is 0 Å². The highest BCUT2D eigenvalue weighted by molar-refractivity contribution is 5.69. The molecule has 0 aliphatic carbocycles. The molecule has 1 aliphatic rings. The lowest BCUT2D eigenvalue weighted by molar-refractivity contribution is -0.143. The standard InChI is InChI=1S/C26H50O3/c1-3-5-7-9-12-16-20-24-25(29-24)21-17-13-11-14-18-22-26(27)28-23-19-15-10-8-6-4-2/h24-25H,3-23H2,1-2H3/t24-,25+/m0/s1. The van der Waals surface area contributed by atoms with Gasteiger partial charge in [-0.3, -0.25) is 4.79 Å². The van der Waals surface area contributed by atoms with E-state index in [2.05, 4.69) is 13.8 Å². The summed E-state index contributed by atoms with van der Waals surface area (Å²) in [6.07, 6.45) is 25.8. The minimum atomic E-state index is 0.00229. The molecular formula is C26H50O3. The number of rotatable bonds is 22. The molecule has 1 fully saturated rings. The van der Waals surface area contributed by atoms with Crippen molar-refractivity contribution in [2.45, 2.75) is 154 Å². The molecule has 0 aromatic rings. The minimum Gasteiger partial charge on any atom is -0.466 e. The lowest BCUT2D eigenvalue weighted by Gasteiger charge is -2.05. The predicted molar refractivity (Wildman–Crippen MR) is 123 cm³/mol. The largest absolute Gasteiger partial charge is 0.466 e. The third-order valence-electron chi connectivity index (χ3n) is 6.16. The summed E-state index contributed by atoms with van der Waals surface area (Å²) in [7, 11) is 0. The van der Waals surface area contributed by atoms with Crippen LogP contribution >= 0.6 is 0 Å². The highest BCUT2D eigenvalue weighted by Gasteiger charge is 2.36. The summed E-state index contributed by atoms with van der Waals surface area (Å²) < 4.78 is 11.1. The Hall–Kier alpha value is -0.570. The zero-order valence-corrected chi connectivity index (χ0v) is 19.7. The second kappa shape index (κ2) is 19.4. The lowest BCUT2D eigenvalue weighted by Crippen LogP contribution is -2.05. The number of ether oxygens (including phenoxy) is 2.